The molecule has 6 nitrogen and oxygen atoms in total. The molecule has 2 aromatic heterocycles. The summed E-state index contributed by atoms with van der Waals surface area (Å²) in [6.45, 7) is 0.576. The van der Waals surface area contributed by atoms with Crippen molar-refractivity contribution >= 4 is 28.4 Å². The van der Waals surface area contributed by atoms with Gasteiger partial charge in [-0.25, -0.2) is 15.0 Å². The van der Waals surface area contributed by atoms with Crippen molar-refractivity contribution in [2.24, 2.45) is 0 Å². The van der Waals surface area contributed by atoms with Crippen molar-refractivity contribution in [2.45, 2.75) is 6.54 Å². The van der Waals surface area contributed by atoms with Crippen LogP contribution < -0.4 is 5.32 Å². The number of aromatic amines is 1. The third-order valence-corrected chi connectivity index (χ3v) is 2.35. The van der Waals surface area contributed by atoms with Gasteiger partial charge in [-0.05, 0) is 22.6 Å². The molecule has 2 aromatic rings. The molecule has 0 aliphatic carbocycles. The van der Waals surface area contributed by atoms with Gasteiger partial charge in [0.15, 0.2) is 0 Å². The Morgan fingerprint density at radius 3 is 3.00 bits per heavy atom. The van der Waals surface area contributed by atoms with Crippen molar-refractivity contribution in [3.8, 4) is 0 Å². The van der Waals surface area contributed by atoms with Gasteiger partial charge >= 0.3 is 0 Å². The van der Waals surface area contributed by atoms with E-state index in [0.717, 1.165) is 15.2 Å². The van der Waals surface area contributed by atoms with Gasteiger partial charge in [0.2, 0.25) is 0 Å². The Hall–Kier alpha value is -1.25. The van der Waals surface area contributed by atoms with Gasteiger partial charge < -0.3 is 5.32 Å². The Morgan fingerprint density at radius 2 is 2.29 bits per heavy atom. The SMILES string of the molecule is Ic1cncnc1NCc1ncn[nH]1. The lowest BCUT2D eigenvalue weighted by atomic mass is 10.5. The van der Waals surface area contributed by atoms with Crippen LogP contribution in [-0.2, 0) is 6.54 Å². The summed E-state index contributed by atoms with van der Waals surface area (Å²) >= 11 is 2.17. The predicted octanol–water partition coefficient (Wildman–Crippen LogP) is 0.811. The fourth-order valence-corrected chi connectivity index (χ4v) is 1.42. The maximum Gasteiger partial charge on any atom is 0.143 e. The minimum Gasteiger partial charge on any atom is -0.362 e. The highest BCUT2D eigenvalue weighted by atomic mass is 127. The lowest BCUT2D eigenvalue weighted by molar-refractivity contribution is 0.942. The van der Waals surface area contributed by atoms with Crippen LogP contribution in [0.1, 0.15) is 5.82 Å². The second kappa shape index (κ2) is 4.31. The van der Waals surface area contributed by atoms with Crippen LogP contribution in [0, 0.1) is 3.57 Å². The molecule has 0 bridgehead atoms. The van der Waals surface area contributed by atoms with Gasteiger partial charge in [-0.1, -0.05) is 0 Å². The second-order valence-corrected chi connectivity index (χ2v) is 3.67. The molecule has 2 heterocycles. The molecule has 0 radical (unpaired) electrons. The fourth-order valence-electron chi connectivity index (χ4n) is 0.926. The van der Waals surface area contributed by atoms with Crippen LogP contribution in [0.25, 0.3) is 0 Å². The summed E-state index contributed by atoms with van der Waals surface area (Å²) in [5.41, 5.74) is 0. The zero-order valence-electron chi connectivity index (χ0n) is 7.11. The van der Waals surface area contributed by atoms with Crippen LogP contribution in [0.3, 0.4) is 0 Å². The molecule has 7 heteroatoms. The van der Waals surface area contributed by atoms with Crippen molar-refractivity contribution in [3.63, 3.8) is 0 Å². The van der Waals surface area contributed by atoms with Crippen molar-refractivity contribution in [1.29, 1.82) is 0 Å². The molecule has 0 aromatic carbocycles. The lowest BCUT2D eigenvalue weighted by Crippen LogP contribution is -2.04. The maximum absolute atomic E-state index is 4.09. The van der Waals surface area contributed by atoms with Crippen LogP contribution in [0.2, 0.25) is 0 Å². The number of aromatic nitrogens is 5. The molecule has 0 spiro atoms. The summed E-state index contributed by atoms with van der Waals surface area (Å²) < 4.78 is 0.976. The molecule has 14 heavy (non-hydrogen) atoms. The molecule has 0 unspecified atom stereocenters. The zero-order chi connectivity index (χ0) is 9.80. The van der Waals surface area contributed by atoms with Crippen molar-refractivity contribution < 1.29 is 0 Å². The molecule has 2 rings (SSSR count). The normalized spacial score (nSPS) is 10.1. The van der Waals surface area contributed by atoms with E-state index in [-0.39, 0.29) is 0 Å². The fraction of sp³-hybridized carbons (Fsp3) is 0.143. The summed E-state index contributed by atoms with van der Waals surface area (Å²) in [4.78, 5) is 12.0. The van der Waals surface area contributed by atoms with E-state index in [4.69, 9.17) is 0 Å². The lowest BCUT2D eigenvalue weighted by Gasteiger charge is -2.03. The third kappa shape index (κ3) is 2.16. The summed E-state index contributed by atoms with van der Waals surface area (Å²) in [6, 6.07) is 0. The van der Waals surface area contributed by atoms with E-state index >= 15 is 0 Å². The Bertz CT molecular complexity index is 400. The Kier molecular flexibility index (Phi) is 2.87. The van der Waals surface area contributed by atoms with Gasteiger partial charge in [-0.2, -0.15) is 5.10 Å². The quantitative estimate of drug-likeness (QED) is 0.820. The minimum absolute atomic E-state index is 0.576. The number of H-pyrrole nitrogens is 1. The van der Waals surface area contributed by atoms with E-state index < -0.39 is 0 Å². The van der Waals surface area contributed by atoms with Gasteiger partial charge in [-0.3, -0.25) is 5.10 Å². The number of rotatable bonds is 3. The van der Waals surface area contributed by atoms with E-state index in [0.29, 0.717) is 6.54 Å². The average molecular weight is 302 g/mol. The Labute approximate surface area is 93.7 Å². The zero-order valence-corrected chi connectivity index (χ0v) is 9.26. The molecular formula is C7H7IN6. The molecule has 0 atom stereocenters. The largest absolute Gasteiger partial charge is 0.362 e. The van der Waals surface area contributed by atoms with Crippen molar-refractivity contribution in [1.82, 2.24) is 25.1 Å². The third-order valence-electron chi connectivity index (χ3n) is 1.56. The van der Waals surface area contributed by atoms with Gasteiger partial charge in [0.05, 0.1) is 10.1 Å². The standard InChI is InChI=1S/C7H7IN6/c8-5-1-9-3-12-7(5)10-2-6-11-4-13-14-6/h1,3-4H,2H2,(H,9,10,12)(H,11,13,14). The first-order valence-corrected chi connectivity index (χ1v) is 4.98. The first-order chi connectivity index (χ1) is 6.86. The van der Waals surface area contributed by atoms with E-state index in [1.54, 1.807) is 6.20 Å². The molecule has 72 valence electrons. The number of nitrogens with zero attached hydrogens (tertiary/aromatic N) is 4. The molecule has 2 N–H and O–H groups in total. The molecular weight excluding hydrogens is 295 g/mol. The first-order valence-electron chi connectivity index (χ1n) is 3.90. The summed E-state index contributed by atoms with van der Waals surface area (Å²) in [5.74, 6) is 1.58. The van der Waals surface area contributed by atoms with E-state index in [9.17, 15) is 0 Å². The monoisotopic (exact) mass is 302 g/mol. The highest BCUT2D eigenvalue weighted by Gasteiger charge is 2.00. The van der Waals surface area contributed by atoms with Crippen LogP contribution in [-0.4, -0.2) is 25.1 Å². The molecule has 0 saturated heterocycles. The van der Waals surface area contributed by atoms with Gasteiger partial charge in [0.1, 0.15) is 24.3 Å². The van der Waals surface area contributed by atoms with Crippen LogP contribution in [0.4, 0.5) is 5.82 Å². The Morgan fingerprint density at radius 1 is 1.36 bits per heavy atom. The summed E-state index contributed by atoms with van der Waals surface area (Å²) in [5, 5.41) is 9.63. The topological polar surface area (TPSA) is 79.4 Å². The van der Waals surface area contributed by atoms with Crippen molar-refractivity contribution in [3.05, 3.63) is 28.2 Å². The molecule has 0 aliphatic rings. The molecule has 0 aliphatic heterocycles. The first kappa shape index (κ1) is 9.31. The summed E-state index contributed by atoms with van der Waals surface area (Å²) in [6.07, 6.45) is 4.73. The predicted molar refractivity (Wildman–Crippen MR) is 58.5 cm³/mol. The smallest absolute Gasteiger partial charge is 0.143 e. The van der Waals surface area contributed by atoms with Gasteiger partial charge in [0, 0.05) is 6.20 Å². The van der Waals surface area contributed by atoms with E-state index in [1.807, 2.05) is 0 Å². The van der Waals surface area contributed by atoms with E-state index in [1.165, 1.54) is 12.7 Å². The maximum atomic E-state index is 4.09. The number of hydrogen-bond donors (Lipinski definition) is 2. The number of nitrogens with one attached hydrogen (secondary N) is 2. The molecule has 0 amide bonds. The van der Waals surface area contributed by atoms with Gasteiger partial charge in [0.25, 0.3) is 0 Å². The highest BCUT2D eigenvalue weighted by Crippen LogP contribution is 2.12. The molecule has 0 fully saturated rings. The van der Waals surface area contributed by atoms with Crippen molar-refractivity contribution in [2.75, 3.05) is 5.32 Å². The number of anilines is 1. The average Bonchev–Trinajstić information content (AvgIpc) is 2.69. The highest BCUT2D eigenvalue weighted by molar-refractivity contribution is 14.1. The summed E-state index contributed by atoms with van der Waals surface area (Å²) in [7, 11) is 0. The minimum atomic E-state index is 0.576. The van der Waals surface area contributed by atoms with Crippen LogP contribution in [0.15, 0.2) is 18.9 Å². The number of hydrogen-bond acceptors (Lipinski definition) is 5. The number of halogens is 1. The van der Waals surface area contributed by atoms with Crippen LogP contribution >= 0.6 is 22.6 Å². The van der Waals surface area contributed by atoms with E-state index in [2.05, 4.69) is 53.1 Å². The Balaban J connectivity index is 2.02. The second-order valence-electron chi connectivity index (χ2n) is 2.51. The van der Waals surface area contributed by atoms with Crippen LogP contribution in [0.5, 0.6) is 0 Å². The molecule has 0 saturated carbocycles. The van der Waals surface area contributed by atoms with Gasteiger partial charge in [-0.15, -0.1) is 0 Å².